The molecule has 1 aromatic carbocycles. The summed E-state index contributed by atoms with van der Waals surface area (Å²) in [5, 5.41) is 25.9. The minimum Gasteiger partial charge on any atom is -0.441 e. The molecule has 16 heteroatoms. The maximum absolute atomic E-state index is 12.4. The van der Waals surface area contributed by atoms with Crippen molar-refractivity contribution < 1.29 is 33.6 Å². The van der Waals surface area contributed by atoms with Crippen LogP contribution in [0.15, 0.2) is 18.2 Å². The number of carbonyl (C=O) groups is 5. The van der Waals surface area contributed by atoms with E-state index in [-0.39, 0.29) is 79.8 Å². The number of hydrogen-bond donors (Lipinski definition) is 5. The molecule has 0 bridgehead atoms. The number of nitro groups is 1. The van der Waals surface area contributed by atoms with Crippen LogP contribution in [0.4, 0.5) is 15.3 Å². The lowest BCUT2D eigenvalue weighted by Gasteiger charge is -2.22. The number of alkyl carbamates (subject to hydrolysis) is 1. The van der Waals surface area contributed by atoms with E-state index in [4.69, 9.17) is 4.74 Å². The van der Waals surface area contributed by atoms with Gasteiger partial charge in [0.15, 0.2) is 0 Å². The van der Waals surface area contributed by atoms with Crippen LogP contribution in [0.5, 0.6) is 0 Å². The van der Waals surface area contributed by atoms with Gasteiger partial charge < -0.3 is 36.2 Å². The Labute approximate surface area is 266 Å². The van der Waals surface area contributed by atoms with E-state index in [1.165, 1.54) is 36.9 Å². The molecule has 0 spiro atoms. The first kappa shape index (κ1) is 35.4. The number of nitrogens with zero attached hydrogens (tertiary/aromatic N) is 2. The number of amides is 6. The Bertz CT molecular complexity index is 1250. The first-order chi connectivity index (χ1) is 21.5. The number of benzene rings is 1. The van der Waals surface area contributed by atoms with E-state index >= 15 is 0 Å². The van der Waals surface area contributed by atoms with Crippen molar-refractivity contribution in [3.63, 3.8) is 0 Å². The molecule has 1 aromatic rings. The van der Waals surface area contributed by atoms with Gasteiger partial charge in [0.1, 0.15) is 6.10 Å². The zero-order valence-corrected chi connectivity index (χ0v) is 26.7. The molecule has 2 aliphatic heterocycles. The SMILES string of the molecule is CCC(=O)NCCNC(=O)OC(C)c1cc(CN(CCNC(=O)CCCCC2SCC3NC(=O)NC32)C(C)=O)ccc1[N+](=O)[O-]. The summed E-state index contributed by atoms with van der Waals surface area (Å²) in [5.74, 6) is 0.398. The molecule has 4 atom stereocenters. The Morgan fingerprint density at radius 1 is 1.11 bits per heavy atom. The van der Waals surface area contributed by atoms with E-state index in [0.717, 1.165) is 25.0 Å². The third kappa shape index (κ3) is 11.1. The normalized spacial score (nSPS) is 19.0. The standard InChI is InChI=1S/C29H43N7O8S/c1-4-25(38)30-11-12-32-29(41)44-18(2)21-15-20(9-10-23(21)36(42)43)16-35(19(3)37)14-13-31-26(39)8-6-5-7-24-27-22(17-45-24)33-28(40)34-27/h9-10,15,18,22,24,27H,4-8,11-14,16-17H2,1-3H3,(H,30,38)(H,31,39)(H,32,41)(H2,33,34,40). The second kappa shape index (κ2) is 17.4. The van der Waals surface area contributed by atoms with Crippen LogP contribution in [0.3, 0.4) is 0 Å². The van der Waals surface area contributed by atoms with Gasteiger partial charge in [-0.05, 0) is 31.4 Å². The average Bonchev–Trinajstić information content (AvgIpc) is 3.55. The topological polar surface area (TPSA) is 201 Å². The molecule has 6 amide bonds. The van der Waals surface area contributed by atoms with Gasteiger partial charge in [-0.1, -0.05) is 19.4 Å². The number of nitro benzene ring substituents is 1. The van der Waals surface area contributed by atoms with Crippen LogP contribution < -0.4 is 26.6 Å². The minimum atomic E-state index is -0.970. The predicted octanol–water partition coefficient (Wildman–Crippen LogP) is 2.10. The van der Waals surface area contributed by atoms with E-state index in [2.05, 4.69) is 26.6 Å². The number of hydrogen-bond acceptors (Lipinski definition) is 9. The lowest BCUT2D eigenvalue weighted by atomic mass is 10.0. The molecule has 2 aliphatic rings. The molecule has 0 aromatic heterocycles. The number of urea groups is 1. The second-order valence-electron chi connectivity index (χ2n) is 11.0. The van der Waals surface area contributed by atoms with Crippen molar-refractivity contribution in [1.29, 1.82) is 0 Å². The summed E-state index contributed by atoms with van der Waals surface area (Å²) in [6.07, 6.45) is 1.43. The number of nitrogens with one attached hydrogen (secondary N) is 5. The fourth-order valence-corrected chi connectivity index (χ4v) is 6.76. The van der Waals surface area contributed by atoms with Crippen LogP contribution >= 0.6 is 11.8 Å². The molecule has 0 saturated carbocycles. The fourth-order valence-electron chi connectivity index (χ4n) is 5.21. The summed E-state index contributed by atoms with van der Waals surface area (Å²) in [6.45, 7) is 5.59. The number of ether oxygens (including phenoxy) is 1. The van der Waals surface area contributed by atoms with E-state index in [1.54, 1.807) is 6.92 Å². The van der Waals surface area contributed by atoms with Crippen molar-refractivity contribution >= 4 is 47.3 Å². The third-order valence-electron chi connectivity index (χ3n) is 7.65. The van der Waals surface area contributed by atoms with E-state index in [1.807, 2.05) is 11.8 Å². The predicted molar refractivity (Wildman–Crippen MR) is 167 cm³/mol. The number of carbonyl (C=O) groups excluding carboxylic acids is 5. The zero-order chi connectivity index (χ0) is 32.9. The summed E-state index contributed by atoms with van der Waals surface area (Å²) < 4.78 is 5.34. The van der Waals surface area contributed by atoms with Crippen molar-refractivity contribution in [1.82, 2.24) is 31.5 Å². The molecule has 2 fully saturated rings. The maximum Gasteiger partial charge on any atom is 0.407 e. The zero-order valence-electron chi connectivity index (χ0n) is 25.9. The Morgan fingerprint density at radius 3 is 2.56 bits per heavy atom. The molecule has 248 valence electrons. The van der Waals surface area contributed by atoms with Gasteiger partial charge in [-0.15, -0.1) is 0 Å². The molecule has 3 rings (SSSR count). The van der Waals surface area contributed by atoms with Gasteiger partial charge in [-0.25, -0.2) is 9.59 Å². The summed E-state index contributed by atoms with van der Waals surface area (Å²) in [4.78, 5) is 72.4. The second-order valence-corrected chi connectivity index (χ2v) is 12.3. The molecule has 2 heterocycles. The van der Waals surface area contributed by atoms with E-state index in [0.29, 0.717) is 23.7 Å². The van der Waals surface area contributed by atoms with Gasteiger partial charge in [0, 0.05) is 69.6 Å². The lowest BCUT2D eigenvalue weighted by molar-refractivity contribution is -0.386. The van der Waals surface area contributed by atoms with E-state index < -0.39 is 17.1 Å². The van der Waals surface area contributed by atoms with Gasteiger partial charge in [0.05, 0.1) is 22.6 Å². The molecule has 45 heavy (non-hydrogen) atoms. The van der Waals surface area contributed by atoms with Crippen LogP contribution in [0.1, 0.15) is 70.1 Å². The molecule has 15 nitrogen and oxygen atoms in total. The van der Waals surface area contributed by atoms with Crippen LogP contribution in [0, 0.1) is 10.1 Å². The molecule has 4 unspecified atom stereocenters. The Kier molecular flexibility index (Phi) is 13.7. The van der Waals surface area contributed by atoms with Crippen LogP contribution in [-0.4, -0.2) is 88.9 Å². The Balaban J connectivity index is 1.44. The van der Waals surface area contributed by atoms with Crippen molar-refractivity contribution in [2.45, 2.75) is 82.9 Å². The highest BCUT2D eigenvalue weighted by Crippen LogP contribution is 2.33. The number of rotatable bonds is 17. The number of unbranched alkanes of at least 4 members (excludes halogenated alkanes) is 1. The van der Waals surface area contributed by atoms with Crippen molar-refractivity contribution in [3.05, 3.63) is 39.4 Å². The Hall–Kier alpha value is -4.08. The summed E-state index contributed by atoms with van der Waals surface area (Å²) in [5.41, 5.74) is 0.532. The van der Waals surface area contributed by atoms with Gasteiger partial charge in [0.25, 0.3) is 5.69 Å². The lowest BCUT2D eigenvalue weighted by Crippen LogP contribution is -2.37. The van der Waals surface area contributed by atoms with Gasteiger partial charge in [-0.2, -0.15) is 11.8 Å². The molecule has 0 aliphatic carbocycles. The smallest absolute Gasteiger partial charge is 0.407 e. The molecular weight excluding hydrogens is 606 g/mol. The highest BCUT2D eigenvalue weighted by Gasteiger charge is 2.42. The highest BCUT2D eigenvalue weighted by molar-refractivity contribution is 8.00. The number of thioether (sulfide) groups is 1. The Morgan fingerprint density at radius 2 is 1.84 bits per heavy atom. The van der Waals surface area contributed by atoms with Gasteiger partial charge in [0.2, 0.25) is 17.7 Å². The van der Waals surface area contributed by atoms with Crippen molar-refractivity contribution in [3.8, 4) is 0 Å². The van der Waals surface area contributed by atoms with Gasteiger partial charge in [-0.3, -0.25) is 24.5 Å². The van der Waals surface area contributed by atoms with Crippen LogP contribution in [-0.2, 0) is 25.7 Å². The quantitative estimate of drug-likeness (QED) is 0.0725. The summed E-state index contributed by atoms with van der Waals surface area (Å²) in [6, 6.07) is 4.59. The highest BCUT2D eigenvalue weighted by atomic mass is 32.2. The summed E-state index contributed by atoms with van der Waals surface area (Å²) in [7, 11) is 0. The van der Waals surface area contributed by atoms with Crippen LogP contribution in [0.2, 0.25) is 0 Å². The molecular formula is C29H43N7O8S. The third-order valence-corrected chi connectivity index (χ3v) is 9.16. The average molecular weight is 650 g/mol. The van der Waals surface area contributed by atoms with Crippen molar-refractivity contribution in [2.75, 3.05) is 31.9 Å². The maximum atomic E-state index is 12.4. The first-order valence-corrected chi connectivity index (χ1v) is 16.2. The monoisotopic (exact) mass is 649 g/mol. The minimum absolute atomic E-state index is 0.110. The van der Waals surface area contributed by atoms with Crippen molar-refractivity contribution in [2.24, 2.45) is 0 Å². The summed E-state index contributed by atoms with van der Waals surface area (Å²) >= 11 is 1.84. The molecule has 0 radical (unpaired) electrons. The van der Waals surface area contributed by atoms with Gasteiger partial charge >= 0.3 is 12.1 Å². The van der Waals surface area contributed by atoms with Crippen LogP contribution in [0.25, 0.3) is 0 Å². The molecule has 2 saturated heterocycles. The number of fused-ring (bicyclic) bond motifs is 1. The fraction of sp³-hybridized carbons (Fsp3) is 0.621. The van der Waals surface area contributed by atoms with E-state index in [9.17, 15) is 34.1 Å². The first-order valence-electron chi connectivity index (χ1n) is 15.2. The molecule has 5 N–H and O–H groups in total. The largest absolute Gasteiger partial charge is 0.441 e.